The molecule has 0 aromatic carbocycles. The van der Waals surface area contributed by atoms with Gasteiger partial charge in [-0.1, -0.05) is 6.08 Å². The van der Waals surface area contributed by atoms with Crippen molar-refractivity contribution in [1.29, 1.82) is 5.26 Å². The van der Waals surface area contributed by atoms with Crippen LogP contribution in [0, 0.1) is 11.5 Å². The predicted molar refractivity (Wildman–Crippen MR) is 48.6 cm³/mol. The van der Waals surface area contributed by atoms with E-state index < -0.39 is 0 Å². The Morgan fingerprint density at radius 3 is 3.00 bits per heavy atom. The third kappa shape index (κ3) is 2.33. The van der Waals surface area contributed by atoms with Crippen molar-refractivity contribution < 1.29 is 9.47 Å². The Bertz CT molecular complexity index is 273. The fraction of sp³-hybridized carbons (Fsp3) is 0.500. The van der Waals surface area contributed by atoms with Crippen molar-refractivity contribution in [3.05, 3.63) is 23.5 Å². The van der Waals surface area contributed by atoms with Crippen LogP contribution in [0.15, 0.2) is 23.5 Å². The van der Waals surface area contributed by atoms with E-state index in [1.165, 1.54) is 0 Å². The van der Waals surface area contributed by atoms with Crippen molar-refractivity contribution in [2.24, 2.45) is 0 Å². The highest BCUT2D eigenvalue weighted by molar-refractivity contribution is 5.25. The number of methoxy groups -OCH3 is 1. The number of nitriles is 1. The zero-order valence-electron chi connectivity index (χ0n) is 7.91. The number of hydrogen-bond acceptors (Lipinski definition) is 3. The predicted octanol–water partition coefficient (Wildman–Crippen LogP) is 2.12. The van der Waals surface area contributed by atoms with Crippen LogP contribution in [-0.2, 0) is 9.47 Å². The SMILES string of the molecule is COC1CCC=CC(OC#N)=C1C. The van der Waals surface area contributed by atoms with Crippen molar-refractivity contribution in [1.82, 2.24) is 0 Å². The van der Waals surface area contributed by atoms with Crippen LogP contribution in [0.5, 0.6) is 0 Å². The topological polar surface area (TPSA) is 42.2 Å². The molecule has 0 aliphatic heterocycles. The van der Waals surface area contributed by atoms with E-state index in [-0.39, 0.29) is 6.10 Å². The minimum absolute atomic E-state index is 0.0679. The summed E-state index contributed by atoms with van der Waals surface area (Å²) in [6.45, 7) is 1.93. The van der Waals surface area contributed by atoms with Crippen LogP contribution < -0.4 is 0 Å². The monoisotopic (exact) mass is 179 g/mol. The smallest absolute Gasteiger partial charge is 0.292 e. The van der Waals surface area contributed by atoms with Crippen molar-refractivity contribution in [3.8, 4) is 6.26 Å². The Hall–Kier alpha value is -1.27. The molecule has 1 aliphatic carbocycles. The molecule has 0 radical (unpaired) electrons. The lowest BCUT2D eigenvalue weighted by atomic mass is 10.1. The van der Waals surface area contributed by atoms with E-state index in [4.69, 9.17) is 14.7 Å². The van der Waals surface area contributed by atoms with E-state index >= 15 is 0 Å². The van der Waals surface area contributed by atoms with Crippen LogP contribution in [0.2, 0.25) is 0 Å². The van der Waals surface area contributed by atoms with Crippen molar-refractivity contribution in [3.63, 3.8) is 0 Å². The van der Waals surface area contributed by atoms with Gasteiger partial charge < -0.3 is 9.47 Å². The van der Waals surface area contributed by atoms with Crippen LogP contribution >= 0.6 is 0 Å². The van der Waals surface area contributed by atoms with Gasteiger partial charge in [0.25, 0.3) is 6.26 Å². The fourth-order valence-corrected chi connectivity index (χ4v) is 1.40. The summed E-state index contributed by atoms with van der Waals surface area (Å²) in [4.78, 5) is 0. The van der Waals surface area contributed by atoms with Crippen molar-refractivity contribution >= 4 is 0 Å². The highest BCUT2D eigenvalue weighted by atomic mass is 16.5. The first-order chi connectivity index (χ1) is 6.29. The maximum Gasteiger partial charge on any atom is 0.292 e. The molecule has 0 saturated carbocycles. The number of hydrogen-bond donors (Lipinski definition) is 0. The molecule has 3 nitrogen and oxygen atoms in total. The number of nitrogens with zero attached hydrogens (tertiary/aromatic N) is 1. The molecule has 1 atom stereocenters. The van der Waals surface area contributed by atoms with E-state index in [2.05, 4.69) is 0 Å². The molecule has 70 valence electrons. The molecule has 0 spiro atoms. The van der Waals surface area contributed by atoms with Gasteiger partial charge in [0.15, 0.2) is 0 Å². The van der Waals surface area contributed by atoms with Crippen LogP contribution in [0.25, 0.3) is 0 Å². The second kappa shape index (κ2) is 4.68. The van der Waals surface area contributed by atoms with Gasteiger partial charge in [-0.05, 0) is 31.4 Å². The lowest BCUT2D eigenvalue weighted by Gasteiger charge is -2.14. The van der Waals surface area contributed by atoms with E-state index in [1.807, 2.05) is 19.1 Å². The van der Waals surface area contributed by atoms with Gasteiger partial charge in [0, 0.05) is 7.11 Å². The van der Waals surface area contributed by atoms with E-state index in [9.17, 15) is 0 Å². The summed E-state index contributed by atoms with van der Waals surface area (Å²) in [5, 5.41) is 8.41. The van der Waals surface area contributed by atoms with E-state index in [0.29, 0.717) is 5.76 Å². The van der Waals surface area contributed by atoms with Crippen LogP contribution in [-0.4, -0.2) is 13.2 Å². The van der Waals surface area contributed by atoms with Gasteiger partial charge in [-0.2, -0.15) is 0 Å². The van der Waals surface area contributed by atoms with Gasteiger partial charge >= 0.3 is 0 Å². The lowest BCUT2D eigenvalue weighted by molar-refractivity contribution is 0.122. The molecule has 13 heavy (non-hydrogen) atoms. The quantitative estimate of drug-likeness (QED) is 0.610. The first-order valence-corrected chi connectivity index (χ1v) is 4.25. The van der Waals surface area contributed by atoms with Crippen LogP contribution in [0.1, 0.15) is 19.8 Å². The number of allylic oxidation sites excluding steroid dienone is 2. The highest BCUT2D eigenvalue weighted by Crippen LogP contribution is 2.21. The molecule has 1 aliphatic rings. The Balaban J connectivity index is 2.87. The van der Waals surface area contributed by atoms with Gasteiger partial charge in [-0.15, -0.1) is 5.26 Å². The molecular formula is C10H13NO2. The minimum atomic E-state index is 0.0679. The average Bonchev–Trinajstić information content (AvgIpc) is 2.30. The molecule has 0 saturated heterocycles. The van der Waals surface area contributed by atoms with Crippen molar-refractivity contribution in [2.75, 3.05) is 7.11 Å². The summed E-state index contributed by atoms with van der Waals surface area (Å²) < 4.78 is 10.1. The minimum Gasteiger partial charge on any atom is -0.388 e. The van der Waals surface area contributed by atoms with Gasteiger partial charge in [-0.3, -0.25) is 0 Å². The molecule has 1 rings (SSSR count). The second-order valence-corrected chi connectivity index (χ2v) is 2.94. The summed E-state index contributed by atoms with van der Waals surface area (Å²) in [6, 6.07) is 0. The Labute approximate surface area is 78.3 Å². The maximum absolute atomic E-state index is 8.41. The molecule has 0 aromatic rings. The highest BCUT2D eigenvalue weighted by Gasteiger charge is 2.15. The standard InChI is InChI=1S/C10H13NO2/c1-8-9(12-2)5-3-4-6-10(8)13-7-11/h4,6,9H,3,5H2,1-2H3. The number of ether oxygens (including phenoxy) is 2. The lowest BCUT2D eigenvalue weighted by Crippen LogP contribution is -2.12. The third-order valence-corrected chi connectivity index (χ3v) is 2.18. The number of rotatable bonds is 2. The average molecular weight is 179 g/mol. The van der Waals surface area contributed by atoms with E-state index in [1.54, 1.807) is 13.4 Å². The molecule has 0 amide bonds. The van der Waals surface area contributed by atoms with Gasteiger partial charge in [0.1, 0.15) is 5.76 Å². The molecule has 0 aromatic heterocycles. The molecule has 1 unspecified atom stereocenters. The maximum atomic E-state index is 8.41. The molecular weight excluding hydrogens is 166 g/mol. The summed E-state index contributed by atoms with van der Waals surface area (Å²) in [6.07, 6.45) is 7.46. The summed E-state index contributed by atoms with van der Waals surface area (Å²) in [5.74, 6) is 0.617. The molecule has 3 heteroatoms. The largest absolute Gasteiger partial charge is 0.388 e. The second-order valence-electron chi connectivity index (χ2n) is 2.94. The Morgan fingerprint density at radius 1 is 1.62 bits per heavy atom. The Kier molecular flexibility index (Phi) is 3.53. The van der Waals surface area contributed by atoms with E-state index in [0.717, 1.165) is 18.4 Å². The zero-order chi connectivity index (χ0) is 9.68. The third-order valence-electron chi connectivity index (χ3n) is 2.18. The molecule has 0 heterocycles. The summed E-state index contributed by atoms with van der Waals surface area (Å²) in [5.41, 5.74) is 0.984. The fourth-order valence-electron chi connectivity index (χ4n) is 1.40. The first-order valence-electron chi connectivity index (χ1n) is 4.25. The van der Waals surface area contributed by atoms with Crippen LogP contribution in [0.4, 0.5) is 0 Å². The van der Waals surface area contributed by atoms with Gasteiger partial charge in [0.05, 0.1) is 6.10 Å². The Morgan fingerprint density at radius 2 is 2.38 bits per heavy atom. The molecule has 0 bridgehead atoms. The molecule has 0 fully saturated rings. The summed E-state index contributed by atoms with van der Waals surface area (Å²) in [7, 11) is 1.67. The van der Waals surface area contributed by atoms with Crippen LogP contribution in [0.3, 0.4) is 0 Å². The summed E-state index contributed by atoms with van der Waals surface area (Å²) >= 11 is 0. The first kappa shape index (κ1) is 9.82. The zero-order valence-corrected chi connectivity index (χ0v) is 7.91. The van der Waals surface area contributed by atoms with Gasteiger partial charge in [0.2, 0.25) is 0 Å². The molecule has 0 N–H and O–H groups in total. The van der Waals surface area contributed by atoms with Crippen molar-refractivity contribution in [2.45, 2.75) is 25.9 Å². The normalized spacial score (nSPS) is 22.4. The van der Waals surface area contributed by atoms with Gasteiger partial charge in [-0.25, -0.2) is 0 Å².